The second-order valence-electron chi connectivity index (χ2n) is 3.80. The minimum atomic E-state index is 0.729. The Morgan fingerprint density at radius 1 is 1.29 bits per heavy atom. The van der Waals surface area contributed by atoms with E-state index < -0.39 is 0 Å². The summed E-state index contributed by atoms with van der Waals surface area (Å²) in [5.74, 6) is 0. The zero-order valence-electron chi connectivity index (χ0n) is 9.97. The number of nitrogens with zero attached hydrogens (tertiary/aromatic N) is 2. The summed E-state index contributed by atoms with van der Waals surface area (Å²) in [6, 6.07) is 10.1. The highest BCUT2D eigenvalue weighted by Crippen LogP contribution is 2.07. The summed E-state index contributed by atoms with van der Waals surface area (Å²) in [6.07, 6.45) is 3.92. The highest BCUT2D eigenvalue weighted by atomic mass is 16.5. The molecule has 0 unspecified atom stereocenters. The van der Waals surface area contributed by atoms with Crippen molar-refractivity contribution in [2.24, 2.45) is 0 Å². The average molecular weight is 231 g/mol. The van der Waals surface area contributed by atoms with Crippen molar-refractivity contribution in [3.05, 3.63) is 48.3 Å². The van der Waals surface area contributed by atoms with E-state index in [0.717, 1.165) is 25.4 Å². The van der Waals surface area contributed by atoms with Crippen molar-refractivity contribution in [1.82, 2.24) is 15.1 Å². The van der Waals surface area contributed by atoms with E-state index in [1.165, 1.54) is 5.56 Å². The Balaban J connectivity index is 1.92. The van der Waals surface area contributed by atoms with E-state index in [1.54, 1.807) is 7.11 Å². The molecule has 0 bridgehead atoms. The minimum Gasteiger partial charge on any atom is -0.383 e. The average Bonchev–Trinajstić information content (AvgIpc) is 2.85. The molecule has 17 heavy (non-hydrogen) atoms. The molecule has 2 aromatic rings. The number of hydrogen-bond donors (Lipinski definition) is 1. The highest BCUT2D eigenvalue weighted by molar-refractivity contribution is 5.30. The second kappa shape index (κ2) is 6.18. The SMILES string of the molecule is COCCNCc1cnn(-c2ccccc2)c1. The molecule has 0 aliphatic carbocycles. The predicted octanol–water partition coefficient (Wildman–Crippen LogP) is 1.61. The van der Waals surface area contributed by atoms with Crippen LogP contribution in [0.15, 0.2) is 42.7 Å². The molecule has 0 aliphatic heterocycles. The number of rotatable bonds is 6. The number of nitrogens with one attached hydrogen (secondary N) is 1. The van der Waals surface area contributed by atoms with Crippen molar-refractivity contribution in [2.75, 3.05) is 20.3 Å². The van der Waals surface area contributed by atoms with Crippen LogP contribution in [0, 0.1) is 0 Å². The summed E-state index contributed by atoms with van der Waals surface area (Å²) in [6.45, 7) is 2.40. The molecule has 0 saturated heterocycles. The zero-order chi connectivity index (χ0) is 11.9. The van der Waals surface area contributed by atoms with Crippen molar-refractivity contribution in [3.8, 4) is 5.69 Å². The number of ether oxygens (including phenoxy) is 1. The summed E-state index contributed by atoms with van der Waals surface area (Å²) in [4.78, 5) is 0. The van der Waals surface area contributed by atoms with Crippen LogP contribution in [0.4, 0.5) is 0 Å². The first kappa shape index (κ1) is 11.8. The quantitative estimate of drug-likeness (QED) is 0.768. The van der Waals surface area contributed by atoms with Gasteiger partial charge in [-0.25, -0.2) is 4.68 Å². The van der Waals surface area contributed by atoms with Crippen molar-refractivity contribution >= 4 is 0 Å². The first-order valence-corrected chi connectivity index (χ1v) is 5.69. The molecule has 0 spiro atoms. The zero-order valence-corrected chi connectivity index (χ0v) is 9.97. The van der Waals surface area contributed by atoms with Gasteiger partial charge in [-0.3, -0.25) is 0 Å². The van der Waals surface area contributed by atoms with Gasteiger partial charge in [0.05, 0.1) is 18.5 Å². The molecule has 4 heteroatoms. The van der Waals surface area contributed by atoms with Gasteiger partial charge in [0, 0.05) is 32.0 Å². The van der Waals surface area contributed by atoms with Gasteiger partial charge >= 0.3 is 0 Å². The third kappa shape index (κ3) is 3.41. The van der Waals surface area contributed by atoms with E-state index in [0.29, 0.717) is 0 Å². The fraction of sp³-hybridized carbons (Fsp3) is 0.308. The molecule has 0 fully saturated rings. The smallest absolute Gasteiger partial charge is 0.0645 e. The lowest BCUT2D eigenvalue weighted by atomic mass is 10.3. The van der Waals surface area contributed by atoms with Crippen LogP contribution < -0.4 is 5.32 Å². The Bertz CT molecular complexity index is 439. The molecule has 1 aromatic heterocycles. The fourth-order valence-corrected chi connectivity index (χ4v) is 1.58. The van der Waals surface area contributed by atoms with Gasteiger partial charge in [-0.1, -0.05) is 18.2 Å². The van der Waals surface area contributed by atoms with Gasteiger partial charge in [-0.15, -0.1) is 0 Å². The lowest BCUT2D eigenvalue weighted by molar-refractivity contribution is 0.199. The molecule has 0 atom stereocenters. The van der Waals surface area contributed by atoms with E-state index in [2.05, 4.69) is 10.4 Å². The van der Waals surface area contributed by atoms with Gasteiger partial charge in [0.1, 0.15) is 0 Å². The lowest BCUT2D eigenvalue weighted by Gasteiger charge is -2.01. The largest absolute Gasteiger partial charge is 0.383 e. The molecule has 1 N–H and O–H groups in total. The monoisotopic (exact) mass is 231 g/mol. The summed E-state index contributed by atoms with van der Waals surface area (Å²) < 4.78 is 6.85. The van der Waals surface area contributed by atoms with E-state index in [1.807, 2.05) is 47.4 Å². The van der Waals surface area contributed by atoms with Crippen molar-refractivity contribution in [1.29, 1.82) is 0 Å². The van der Waals surface area contributed by atoms with Gasteiger partial charge in [0.25, 0.3) is 0 Å². The number of para-hydroxylation sites is 1. The third-order valence-corrected chi connectivity index (χ3v) is 2.47. The van der Waals surface area contributed by atoms with Gasteiger partial charge in [-0.2, -0.15) is 5.10 Å². The van der Waals surface area contributed by atoms with E-state index in [9.17, 15) is 0 Å². The number of aromatic nitrogens is 2. The number of methoxy groups -OCH3 is 1. The van der Waals surface area contributed by atoms with Gasteiger partial charge in [-0.05, 0) is 12.1 Å². The molecule has 0 radical (unpaired) electrons. The molecule has 2 rings (SSSR count). The molecule has 1 aromatic carbocycles. The molecule has 4 nitrogen and oxygen atoms in total. The number of hydrogen-bond acceptors (Lipinski definition) is 3. The maximum absolute atomic E-state index is 4.97. The Kier molecular flexibility index (Phi) is 4.30. The first-order chi connectivity index (χ1) is 8.40. The van der Waals surface area contributed by atoms with E-state index in [4.69, 9.17) is 4.74 Å². The van der Waals surface area contributed by atoms with Crippen LogP contribution in [0.5, 0.6) is 0 Å². The van der Waals surface area contributed by atoms with Crippen LogP contribution in [0.25, 0.3) is 5.69 Å². The summed E-state index contributed by atoms with van der Waals surface area (Å²) >= 11 is 0. The van der Waals surface area contributed by atoms with E-state index in [-0.39, 0.29) is 0 Å². The Morgan fingerprint density at radius 3 is 2.88 bits per heavy atom. The third-order valence-electron chi connectivity index (χ3n) is 2.47. The van der Waals surface area contributed by atoms with Crippen LogP contribution >= 0.6 is 0 Å². The van der Waals surface area contributed by atoms with Crippen molar-refractivity contribution < 1.29 is 4.74 Å². The molecule has 0 aliphatic rings. The summed E-state index contributed by atoms with van der Waals surface area (Å²) in [7, 11) is 1.70. The van der Waals surface area contributed by atoms with Crippen LogP contribution in [-0.2, 0) is 11.3 Å². The van der Waals surface area contributed by atoms with Crippen molar-refractivity contribution in [3.63, 3.8) is 0 Å². The van der Waals surface area contributed by atoms with E-state index >= 15 is 0 Å². The standard InChI is InChI=1S/C13H17N3O/c1-17-8-7-14-9-12-10-15-16(11-12)13-5-3-2-4-6-13/h2-6,10-11,14H,7-9H2,1H3. The van der Waals surface area contributed by atoms with Crippen LogP contribution in [0.1, 0.15) is 5.56 Å². The molecule has 0 saturated carbocycles. The molecular weight excluding hydrogens is 214 g/mol. The second-order valence-corrected chi connectivity index (χ2v) is 3.80. The summed E-state index contributed by atoms with van der Waals surface area (Å²) in [5, 5.41) is 7.62. The topological polar surface area (TPSA) is 39.1 Å². The molecule has 1 heterocycles. The van der Waals surface area contributed by atoms with Crippen molar-refractivity contribution in [2.45, 2.75) is 6.54 Å². The maximum Gasteiger partial charge on any atom is 0.0645 e. The Hall–Kier alpha value is -1.65. The lowest BCUT2D eigenvalue weighted by Crippen LogP contribution is -2.18. The van der Waals surface area contributed by atoms with Crippen LogP contribution in [-0.4, -0.2) is 30.0 Å². The van der Waals surface area contributed by atoms with Gasteiger partial charge < -0.3 is 10.1 Å². The number of benzene rings is 1. The van der Waals surface area contributed by atoms with Crippen LogP contribution in [0.2, 0.25) is 0 Å². The molecule has 90 valence electrons. The van der Waals surface area contributed by atoms with Gasteiger partial charge in [0.15, 0.2) is 0 Å². The summed E-state index contributed by atoms with van der Waals surface area (Å²) in [5.41, 5.74) is 2.25. The fourth-order valence-electron chi connectivity index (χ4n) is 1.58. The molecule has 0 amide bonds. The maximum atomic E-state index is 4.97. The Labute approximate surface area is 101 Å². The first-order valence-electron chi connectivity index (χ1n) is 5.69. The Morgan fingerprint density at radius 2 is 2.12 bits per heavy atom. The predicted molar refractivity (Wildman–Crippen MR) is 67.1 cm³/mol. The normalized spacial score (nSPS) is 10.6. The van der Waals surface area contributed by atoms with Crippen LogP contribution in [0.3, 0.4) is 0 Å². The highest BCUT2D eigenvalue weighted by Gasteiger charge is 1.99. The minimum absolute atomic E-state index is 0.729. The molecular formula is C13H17N3O. The van der Waals surface area contributed by atoms with Gasteiger partial charge in [0.2, 0.25) is 0 Å².